The van der Waals surface area contributed by atoms with Crippen molar-refractivity contribution < 1.29 is 9.90 Å². The van der Waals surface area contributed by atoms with Crippen LogP contribution in [0.4, 0.5) is 0 Å². The van der Waals surface area contributed by atoms with Crippen molar-refractivity contribution in [2.24, 2.45) is 5.73 Å². The molecule has 4 rings (SSSR count). The highest BCUT2D eigenvalue weighted by atomic mass is 16.3. The molecular formula is C24H28N4O2. The Morgan fingerprint density at radius 3 is 2.67 bits per heavy atom. The van der Waals surface area contributed by atoms with Gasteiger partial charge in [-0.3, -0.25) is 4.79 Å². The molecule has 2 aromatic carbocycles. The largest absolute Gasteiger partial charge is 0.508 e. The molecule has 1 aliphatic rings. The standard InChI is InChI=1S/C24H28N4O2/c1-16-22(18-7-3-2-4-8-18)27-23(26-16)21-9-5-6-14-28(21)24(30)20(25)15-17-10-12-19(29)13-11-17/h2-4,7-8,10-13,20-21,29H,5-6,9,14-15,25H2,1H3,(H,26,27)/t20-,21?/m0/s1. The second-order valence-corrected chi connectivity index (χ2v) is 7.98. The maximum Gasteiger partial charge on any atom is 0.240 e. The molecule has 1 aliphatic heterocycles. The number of piperidine rings is 1. The fourth-order valence-corrected chi connectivity index (χ4v) is 4.18. The quantitative estimate of drug-likeness (QED) is 0.604. The lowest BCUT2D eigenvalue weighted by Gasteiger charge is -2.36. The van der Waals surface area contributed by atoms with Gasteiger partial charge in [0.25, 0.3) is 0 Å². The number of carbonyl (C=O) groups is 1. The van der Waals surface area contributed by atoms with Crippen molar-refractivity contribution in [3.05, 3.63) is 71.7 Å². The number of hydrogen-bond acceptors (Lipinski definition) is 4. The van der Waals surface area contributed by atoms with E-state index in [1.165, 1.54) is 0 Å². The van der Waals surface area contributed by atoms with E-state index in [0.29, 0.717) is 13.0 Å². The minimum Gasteiger partial charge on any atom is -0.508 e. The molecule has 6 heteroatoms. The molecule has 2 atom stereocenters. The van der Waals surface area contributed by atoms with Crippen molar-refractivity contribution in [2.45, 2.75) is 44.7 Å². The number of nitrogens with one attached hydrogen (secondary N) is 1. The van der Waals surface area contributed by atoms with Crippen LogP contribution in [0.1, 0.15) is 42.4 Å². The first kappa shape index (κ1) is 20.2. The molecule has 1 saturated heterocycles. The molecular weight excluding hydrogens is 376 g/mol. The number of phenolic OH excluding ortho intramolecular Hbond substituents is 1. The zero-order valence-corrected chi connectivity index (χ0v) is 17.2. The van der Waals surface area contributed by atoms with E-state index < -0.39 is 6.04 Å². The molecule has 156 valence electrons. The lowest BCUT2D eigenvalue weighted by atomic mass is 9.98. The Balaban J connectivity index is 1.54. The van der Waals surface area contributed by atoms with Gasteiger partial charge >= 0.3 is 0 Å². The molecule has 4 N–H and O–H groups in total. The van der Waals surface area contributed by atoms with Crippen molar-refractivity contribution in [3.63, 3.8) is 0 Å². The third kappa shape index (κ3) is 4.24. The van der Waals surface area contributed by atoms with Gasteiger partial charge < -0.3 is 20.7 Å². The zero-order chi connectivity index (χ0) is 21.1. The highest BCUT2D eigenvalue weighted by molar-refractivity contribution is 5.82. The molecule has 6 nitrogen and oxygen atoms in total. The summed E-state index contributed by atoms with van der Waals surface area (Å²) in [6.07, 6.45) is 3.34. The van der Waals surface area contributed by atoms with E-state index in [-0.39, 0.29) is 17.7 Å². The summed E-state index contributed by atoms with van der Waals surface area (Å²) in [5.74, 6) is 0.983. The number of carbonyl (C=O) groups excluding carboxylic acids is 1. The molecule has 0 saturated carbocycles. The molecule has 1 amide bonds. The van der Waals surface area contributed by atoms with Crippen molar-refractivity contribution >= 4 is 5.91 Å². The van der Waals surface area contributed by atoms with Crippen LogP contribution in [-0.2, 0) is 11.2 Å². The number of aromatic hydroxyl groups is 1. The number of nitrogens with zero attached hydrogens (tertiary/aromatic N) is 2. The summed E-state index contributed by atoms with van der Waals surface area (Å²) in [7, 11) is 0. The SMILES string of the molecule is Cc1[nH]c(C2CCCCN2C(=O)[C@@H](N)Cc2ccc(O)cc2)nc1-c1ccccc1. The number of likely N-dealkylation sites (tertiary alicyclic amines) is 1. The maximum atomic E-state index is 13.2. The van der Waals surface area contributed by atoms with E-state index in [1.807, 2.05) is 42.2 Å². The van der Waals surface area contributed by atoms with Crippen LogP contribution in [0.15, 0.2) is 54.6 Å². The van der Waals surface area contributed by atoms with Crippen LogP contribution in [0.5, 0.6) is 5.75 Å². The van der Waals surface area contributed by atoms with Crippen LogP contribution in [0.2, 0.25) is 0 Å². The van der Waals surface area contributed by atoms with Crippen LogP contribution in [0.3, 0.4) is 0 Å². The van der Waals surface area contributed by atoms with Gasteiger partial charge in [-0.1, -0.05) is 42.5 Å². The summed E-state index contributed by atoms with van der Waals surface area (Å²) in [6.45, 7) is 2.71. The number of aromatic amines is 1. The van der Waals surface area contributed by atoms with Gasteiger partial charge in [0.05, 0.1) is 17.8 Å². The van der Waals surface area contributed by atoms with Crippen LogP contribution < -0.4 is 5.73 Å². The first-order valence-electron chi connectivity index (χ1n) is 10.5. The predicted octanol–water partition coefficient (Wildman–Crippen LogP) is 3.71. The number of aryl methyl sites for hydroxylation is 1. The van der Waals surface area contributed by atoms with E-state index in [0.717, 1.165) is 47.6 Å². The lowest BCUT2D eigenvalue weighted by molar-refractivity contribution is -0.136. The number of nitrogens with two attached hydrogens (primary N) is 1. The Labute approximate surface area is 176 Å². The van der Waals surface area contributed by atoms with E-state index in [4.69, 9.17) is 10.7 Å². The van der Waals surface area contributed by atoms with Gasteiger partial charge in [0.15, 0.2) is 0 Å². The van der Waals surface area contributed by atoms with Gasteiger partial charge in [-0.25, -0.2) is 4.98 Å². The van der Waals surface area contributed by atoms with Gasteiger partial charge in [-0.05, 0) is 50.3 Å². The van der Waals surface area contributed by atoms with Gasteiger partial charge in [0.1, 0.15) is 11.6 Å². The van der Waals surface area contributed by atoms with Crippen LogP contribution >= 0.6 is 0 Å². The minimum atomic E-state index is -0.625. The van der Waals surface area contributed by atoms with Crippen LogP contribution in [-0.4, -0.2) is 38.5 Å². The first-order chi connectivity index (χ1) is 14.5. The van der Waals surface area contributed by atoms with Crippen molar-refractivity contribution in [2.75, 3.05) is 6.54 Å². The van der Waals surface area contributed by atoms with E-state index >= 15 is 0 Å². The molecule has 0 radical (unpaired) electrons. The van der Waals surface area contributed by atoms with Crippen LogP contribution in [0.25, 0.3) is 11.3 Å². The Kier molecular flexibility index (Phi) is 5.86. The fourth-order valence-electron chi connectivity index (χ4n) is 4.18. The Hall–Kier alpha value is -3.12. The lowest BCUT2D eigenvalue weighted by Crippen LogP contribution is -2.48. The minimum absolute atomic E-state index is 0.0527. The van der Waals surface area contributed by atoms with Crippen molar-refractivity contribution in [3.8, 4) is 17.0 Å². The number of amides is 1. The molecule has 0 spiro atoms. The fraction of sp³-hybridized carbons (Fsp3) is 0.333. The van der Waals surface area contributed by atoms with E-state index in [9.17, 15) is 9.90 Å². The number of benzene rings is 2. The van der Waals surface area contributed by atoms with Gasteiger partial charge in [0, 0.05) is 17.8 Å². The highest BCUT2D eigenvalue weighted by Crippen LogP contribution is 2.32. The molecule has 30 heavy (non-hydrogen) atoms. The second kappa shape index (κ2) is 8.71. The summed E-state index contributed by atoms with van der Waals surface area (Å²) in [5.41, 5.74) is 10.2. The molecule has 1 unspecified atom stereocenters. The maximum absolute atomic E-state index is 13.2. The molecule has 3 aromatic rings. The number of aromatic nitrogens is 2. The van der Waals surface area contributed by atoms with Crippen molar-refractivity contribution in [1.29, 1.82) is 0 Å². The summed E-state index contributed by atoms with van der Waals surface area (Å²) in [6, 6.07) is 16.2. The average Bonchev–Trinajstić information content (AvgIpc) is 3.17. The van der Waals surface area contributed by atoms with E-state index in [2.05, 4.69) is 4.98 Å². The van der Waals surface area contributed by atoms with Crippen LogP contribution in [0, 0.1) is 6.92 Å². The zero-order valence-electron chi connectivity index (χ0n) is 17.2. The van der Waals surface area contributed by atoms with Gasteiger partial charge in [0.2, 0.25) is 5.91 Å². The molecule has 0 aliphatic carbocycles. The summed E-state index contributed by atoms with van der Waals surface area (Å²) < 4.78 is 0. The molecule has 1 aromatic heterocycles. The number of imidazole rings is 1. The summed E-state index contributed by atoms with van der Waals surface area (Å²) in [5, 5.41) is 9.45. The monoisotopic (exact) mass is 404 g/mol. The second-order valence-electron chi connectivity index (χ2n) is 7.98. The highest BCUT2D eigenvalue weighted by Gasteiger charge is 2.33. The number of rotatable bonds is 5. The Bertz CT molecular complexity index is 998. The van der Waals surface area contributed by atoms with Gasteiger partial charge in [-0.15, -0.1) is 0 Å². The first-order valence-corrected chi connectivity index (χ1v) is 10.5. The Morgan fingerprint density at radius 2 is 1.93 bits per heavy atom. The molecule has 2 heterocycles. The number of hydrogen-bond donors (Lipinski definition) is 3. The normalized spacial score (nSPS) is 17.7. The van der Waals surface area contributed by atoms with Crippen molar-refractivity contribution in [1.82, 2.24) is 14.9 Å². The Morgan fingerprint density at radius 1 is 1.20 bits per heavy atom. The van der Waals surface area contributed by atoms with Gasteiger partial charge in [-0.2, -0.15) is 0 Å². The topological polar surface area (TPSA) is 95.2 Å². The molecule has 1 fully saturated rings. The third-order valence-corrected chi connectivity index (χ3v) is 5.76. The summed E-state index contributed by atoms with van der Waals surface area (Å²) >= 11 is 0. The summed E-state index contributed by atoms with van der Waals surface area (Å²) in [4.78, 5) is 23.4. The number of H-pyrrole nitrogens is 1. The molecule has 0 bridgehead atoms. The van der Waals surface area contributed by atoms with E-state index in [1.54, 1.807) is 24.3 Å². The number of phenols is 1. The smallest absolute Gasteiger partial charge is 0.240 e. The average molecular weight is 405 g/mol. The third-order valence-electron chi connectivity index (χ3n) is 5.76. The predicted molar refractivity (Wildman–Crippen MR) is 117 cm³/mol.